The lowest BCUT2D eigenvalue weighted by Gasteiger charge is -2.06. The summed E-state index contributed by atoms with van der Waals surface area (Å²) in [4.78, 5) is 11.4. The Balaban J connectivity index is 2.42. The van der Waals surface area contributed by atoms with Gasteiger partial charge in [0.1, 0.15) is 11.5 Å². The van der Waals surface area contributed by atoms with Crippen LogP contribution < -0.4 is 4.74 Å². The molecule has 0 aliphatic rings. The van der Waals surface area contributed by atoms with E-state index < -0.39 is 0 Å². The molecule has 0 fully saturated rings. The van der Waals surface area contributed by atoms with E-state index in [0.29, 0.717) is 18.6 Å². The molecule has 0 amide bonds. The van der Waals surface area contributed by atoms with Gasteiger partial charge in [0.25, 0.3) is 0 Å². The molecule has 1 rings (SSSR count). The summed E-state index contributed by atoms with van der Waals surface area (Å²) in [5, 5.41) is 0. The minimum Gasteiger partial charge on any atom is -0.496 e. The van der Waals surface area contributed by atoms with Crippen molar-refractivity contribution < 1.29 is 9.53 Å². The van der Waals surface area contributed by atoms with Gasteiger partial charge in [-0.05, 0) is 52.9 Å². The zero-order valence-corrected chi connectivity index (χ0v) is 12.0. The third-order valence-electron chi connectivity index (χ3n) is 2.67. The first-order valence-electron chi connectivity index (χ1n) is 6.01. The van der Waals surface area contributed by atoms with E-state index in [0.717, 1.165) is 29.5 Å². The van der Waals surface area contributed by atoms with Crippen LogP contribution in [0.2, 0.25) is 0 Å². The Labute approximate surface area is 111 Å². The molecule has 0 aliphatic heterocycles. The van der Waals surface area contributed by atoms with Crippen LogP contribution in [-0.4, -0.2) is 12.9 Å². The second kappa shape index (κ2) is 7.49. The van der Waals surface area contributed by atoms with Crippen LogP contribution in [0.5, 0.6) is 5.75 Å². The van der Waals surface area contributed by atoms with Gasteiger partial charge >= 0.3 is 0 Å². The third-order valence-corrected chi connectivity index (χ3v) is 3.29. The van der Waals surface area contributed by atoms with Crippen LogP contribution in [0.3, 0.4) is 0 Å². The minimum absolute atomic E-state index is 0.375. The van der Waals surface area contributed by atoms with Gasteiger partial charge in [0, 0.05) is 12.8 Å². The van der Waals surface area contributed by atoms with Gasteiger partial charge in [-0.25, -0.2) is 0 Å². The number of ether oxygens (including phenoxy) is 1. The number of hydrogen-bond donors (Lipinski definition) is 0. The van der Waals surface area contributed by atoms with Crippen molar-refractivity contribution in [3.8, 4) is 5.75 Å². The standard InChI is InChI=1S/C14H19BrO2/c1-3-5-12(16)7-4-6-11-8-9-14(17-2)13(15)10-11/h8-10H,3-7H2,1-2H3. The van der Waals surface area contributed by atoms with Crippen molar-refractivity contribution in [3.63, 3.8) is 0 Å². The smallest absolute Gasteiger partial charge is 0.133 e. The molecule has 0 saturated heterocycles. The Kier molecular flexibility index (Phi) is 6.27. The number of carbonyl (C=O) groups excluding carboxylic acids is 1. The van der Waals surface area contributed by atoms with E-state index in [4.69, 9.17) is 4.74 Å². The molecule has 94 valence electrons. The summed E-state index contributed by atoms with van der Waals surface area (Å²) in [5.41, 5.74) is 1.24. The predicted octanol–water partition coefficient (Wildman–Crippen LogP) is 4.15. The summed E-state index contributed by atoms with van der Waals surface area (Å²) in [6, 6.07) is 6.06. The molecule has 0 bridgehead atoms. The number of aryl methyl sites for hydroxylation is 1. The van der Waals surface area contributed by atoms with Crippen LogP contribution in [0.4, 0.5) is 0 Å². The molecule has 0 unspecified atom stereocenters. The van der Waals surface area contributed by atoms with Crippen molar-refractivity contribution in [1.29, 1.82) is 0 Å². The van der Waals surface area contributed by atoms with Crippen molar-refractivity contribution in [2.24, 2.45) is 0 Å². The number of rotatable bonds is 7. The molecule has 1 aromatic carbocycles. The second-order valence-corrected chi connectivity index (χ2v) is 4.97. The molecule has 0 saturated carbocycles. The molecule has 0 atom stereocenters. The summed E-state index contributed by atoms with van der Waals surface area (Å²) in [6.07, 6.45) is 4.23. The molecule has 0 aliphatic carbocycles. The highest BCUT2D eigenvalue weighted by molar-refractivity contribution is 9.10. The molecule has 0 heterocycles. The zero-order chi connectivity index (χ0) is 12.7. The van der Waals surface area contributed by atoms with Gasteiger partial charge in [-0.1, -0.05) is 13.0 Å². The Hall–Kier alpha value is -0.830. The number of halogens is 1. The van der Waals surface area contributed by atoms with Crippen molar-refractivity contribution in [2.75, 3.05) is 7.11 Å². The van der Waals surface area contributed by atoms with Gasteiger partial charge in [-0.3, -0.25) is 4.79 Å². The highest BCUT2D eigenvalue weighted by Gasteiger charge is 2.03. The van der Waals surface area contributed by atoms with Crippen molar-refractivity contribution in [3.05, 3.63) is 28.2 Å². The molecule has 0 radical (unpaired) electrons. The van der Waals surface area contributed by atoms with Crippen LogP contribution in [-0.2, 0) is 11.2 Å². The van der Waals surface area contributed by atoms with Crippen LogP contribution in [0, 0.1) is 0 Å². The molecule has 1 aromatic rings. The van der Waals surface area contributed by atoms with E-state index in [1.807, 2.05) is 19.1 Å². The van der Waals surface area contributed by atoms with E-state index in [9.17, 15) is 4.79 Å². The van der Waals surface area contributed by atoms with E-state index in [1.165, 1.54) is 5.56 Å². The maximum absolute atomic E-state index is 11.4. The molecule has 0 N–H and O–H groups in total. The molecule has 2 nitrogen and oxygen atoms in total. The normalized spacial score (nSPS) is 10.3. The van der Waals surface area contributed by atoms with Gasteiger partial charge in [0.2, 0.25) is 0 Å². The Morgan fingerprint density at radius 1 is 1.35 bits per heavy atom. The van der Waals surface area contributed by atoms with Gasteiger partial charge < -0.3 is 4.74 Å². The summed E-state index contributed by atoms with van der Waals surface area (Å²) < 4.78 is 6.14. The number of benzene rings is 1. The topological polar surface area (TPSA) is 26.3 Å². The molecule has 17 heavy (non-hydrogen) atoms. The van der Waals surface area contributed by atoms with Crippen molar-refractivity contribution in [1.82, 2.24) is 0 Å². The monoisotopic (exact) mass is 298 g/mol. The van der Waals surface area contributed by atoms with Crippen LogP contribution in [0.1, 0.15) is 38.2 Å². The maximum Gasteiger partial charge on any atom is 0.133 e. The molecular formula is C14H19BrO2. The predicted molar refractivity (Wildman–Crippen MR) is 73.5 cm³/mol. The van der Waals surface area contributed by atoms with E-state index in [2.05, 4.69) is 22.0 Å². The summed E-state index contributed by atoms with van der Waals surface area (Å²) in [6.45, 7) is 2.04. The molecule has 3 heteroatoms. The van der Waals surface area contributed by atoms with Crippen LogP contribution >= 0.6 is 15.9 Å². The largest absolute Gasteiger partial charge is 0.496 e. The minimum atomic E-state index is 0.375. The average molecular weight is 299 g/mol. The quantitative estimate of drug-likeness (QED) is 0.756. The Morgan fingerprint density at radius 2 is 2.12 bits per heavy atom. The lowest BCUT2D eigenvalue weighted by atomic mass is 10.0. The SMILES string of the molecule is CCCC(=O)CCCc1ccc(OC)c(Br)c1. The number of ketones is 1. The first-order valence-corrected chi connectivity index (χ1v) is 6.80. The molecular weight excluding hydrogens is 280 g/mol. The second-order valence-electron chi connectivity index (χ2n) is 4.11. The van der Waals surface area contributed by atoms with Crippen LogP contribution in [0.15, 0.2) is 22.7 Å². The first kappa shape index (κ1) is 14.2. The number of carbonyl (C=O) groups is 1. The fourth-order valence-electron chi connectivity index (χ4n) is 1.76. The Morgan fingerprint density at radius 3 is 2.71 bits per heavy atom. The fraction of sp³-hybridized carbons (Fsp3) is 0.500. The number of methoxy groups -OCH3 is 1. The van der Waals surface area contributed by atoms with Crippen molar-refractivity contribution in [2.45, 2.75) is 39.0 Å². The van der Waals surface area contributed by atoms with E-state index >= 15 is 0 Å². The van der Waals surface area contributed by atoms with E-state index in [-0.39, 0.29) is 0 Å². The van der Waals surface area contributed by atoms with Crippen LogP contribution in [0.25, 0.3) is 0 Å². The van der Waals surface area contributed by atoms with Gasteiger partial charge in [0.05, 0.1) is 11.6 Å². The summed E-state index contributed by atoms with van der Waals surface area (Å²) in [7, 11) is 1.66. The highest BCUT2D eigenvalue weighted by Crippen LogP contribution is 2.26. The van der Waals surface area contributed by atoms with Gasteiger partial charge in [-0.2, -0.15) is 0 Å². The lowest BCUT2D eigenvalue weighted by molar-refractivity contribution is -0.119. The van der Waals surface area contributed by atoms with Gasteiger partial charge in [-0.15, -0.1) is 0 Å². The van der Waals surface area contributed by atoms with Crippen molar-refractivity contribution >= 4 is 21.7 Å². The third kappa shape index (κ3) is 4.90. The highest BCUT2D eigenvalue weighted by atomic mass is 79.9. The fourth-order valence-corrected chi connectivity index (χ4v) is 2.35. The van der Waals surface area contributed by atoms with Gasteiger partial charge in [0.15, 0.2) is 0 Å². The molecule has 0 spiro atoms. The summed E-state index contributed by atoms with van der Waals surface area (Å²) in [5.74, 6) is 1.22. The zero-order valence-electron chi connectivity index (χ0n) is 10.5. The average Bonchev–Trinajstić information content (AvgIpc) is 2.29. The van der Waals surface area contributed by atoms with E-state index in [1.54, 1.807) is 7.11 Å². The number of hydrogen-bond acceptors (Lipinski definition) is 2. The summed E-state index contributed by atoms with van der Waals surface area (Å²) >= 11 is 3.46. The number of Topliss-reactive ketones (excluding diaryl/α,β-unsaturated/α-hetero) is 1. The Bertz CT molecular complexity index is 374. The maximum atomic E-state index is 11.4. The molecule has 0 aromatic heterocycles. The lowest BCUT2D eigenvalue weighted by Crippen LogP contribution is -1.98. The first-order chi connectivity index (χ1) is 8.17.